The number of nitrogens with one attached hydrogen (secondary N) is 1. The van der Waals surface area contributed by atoms with Crippen LogP contribution < -0.4 is 10.1 Å². The Bertz CT molecular complexity index is 652. The first kappa shape index (κ1) is 13.8. The quantitative estimate of drug-likeness (QED) is 0.887. The first-order valence-corrected chi connectivity index (χ1v) is 7.40. The molecule has 1 unspecified atom stereocenters. The van der Waals surface area contributed by atoms with E-state index >= 15 is 0 Å². The van der Waals surface area contributed by atoms with Crippen molar-refractivity contribution in [1.82, 2.24) is 0 Å². The van der Waals surface area contributed by atoms with Crippen LogP contribution in [0, 0.1) is 6.92 Å². The van der Waals surface area contributed by atoms with Crippen molar-refractivity contribution in [3.63, 3.8) is 0 Å². The van der Waals surface area contributed by atoms with E-state index in [-0.39, 0.29) is 6.04 Å². The lowest BCUT2D eigenvalue weighted by Crippen LogP contribution is -2.17. The number of rotatable bonds is 3. The number of fused-ring (bicyclic) bond motifs is 1. The van der Waals surface area contributed by atoms with Crippen LogP contribution >= 0.6 is 0 Å². The van der Waals surface area contributed by atoms with Crippen LogP contribution in [0.4, 0.5) is 5.69 Å². The third kappa shape index (κ3) is 2.82. The number of aromatic hydroxyl groups is 1. The number of aryl methyl sites for hydroxylation is 2. The van der Waals surface area contributed by atoms with Crippen LogP contribution in [0.25, 0.3) is 0 Å². The smallest absolute Gasteiger partial charge is 0.142 e. The fourth-order valence-corrected chi connectivity index (χ4v) is 3.06. The van der Waals surface area contributed by atoms with Gasteiger partial charge in [-0.1, -0.05) is 12.1 Å². The maximum Gasteiger partial charge on any atom is 0.142 e. The molecule has 0 aliphatic heterocycles. The molecule has 3 nitrogen and oxygen atoms in total. The lowest BCUT2D eigenvalue weighted by Gasteiger charge is -2.28. The normalized spacial score (nSPS) is 17.1. The van der Waals surface area contributed by atoms with Crippen molar-refractivity contribution in [3.05, 3.63) is 53.1 Å². The number of methoxy groups -OCH3 is 1. The number of phenols is 1. The van der Waals surface area contributed by atoms with Crippen molar-refractivity contribution in [2.75, 3.05) is 12.4 Å². The number of benzene rings is 2. The van der Waals surface area contributed by atoms with Gasteiger partial charge in [-0.15, -0.1) is 0 Å². The molecule has 1 aliphatic rings. The highest BCUT2D eigenvalue weighted by Gasteiger charge is 2.21. The van der Waals surface area contributed by atoms with E-state index in [0.29, 0.717) is 5.75 Å². The first-order valence-electron chi connectivity index (χ1n) is 7.40. The van der Waals surface area contributed by atoms with Crippen LogP contribution in [0.3, 0.4) is 0 Å². The van der Waals surface area contributed by atoms with Gasteiger partial charge < -0.3 is 15.2 Å². The SMILES string of the molecule is COc1cc(C)ccc1NC1CCCc2cc(O)ccc21. The average molecular weight is 283 g/mol. The van der Waals surface area contributed by atoms with Gasteiger partial charge in [0.05, 0.1) is 18.8 Å². The van der Waals surface area contributed by atoms with Crippen molar-refractivity contribution in [1.29, 1.82) is 0 Å². The summed E-state index contributed by atoms with van der Waals surface area (Å²) in [5.41, 5.74) is 4.73. The molecule has 2 N–H and O–H groups in total. The molecule has 3 rings (SSSR count). The van der Waals surface area contributed by atoms with E-state index in [1.165, 1.54) is 16.7 Å². The maximum absolute atomic E-state index is 9.64. The van der Waals surface area contributed by atoms with Gasteiger partial charge in [-0.2, -0.15) is 0 Å². The summed E-state index contributed by atoms with van der Waals surface area (Å²) in [6.45, 7) is 2.06. The molecule has 0 saturated carbocycles. The minimum atomic E-state index is 0.269. The molecule has 0 saturated heterocycles. The van der Waals surface area contributed by atoms with Crippen LogP contribution in [0.15, 0.2) is 36.4 Å². The van der Waals surface area contributed by atoms with Crippen molar-refractivity contribution < 1.29 is 9.84 Å². The third-order valence-corrected chi connectivity index (χ3v) is 4.13. The number of ether oxygens (including phenoxy) is 1. The molecule has 0 aromatic heterocycles. The monoisotopic (exact) mass is 283 g/mol. The first-order chi connectivity index (χ1) is 10.2. The Morgan fingerprint density at radius 2 is 2.05 bits per heavy atom. The Balaban J connectivity index is 1.90. The molecule has 2 aromatic carbocycles. The maximum atomic E-state index is 9.64. The summed E-state index contributed by atoms with van der Waals surface area (Å²) in [7, 11) is 1.70. The summed E-state index contributed by atoms with van der Waals surface area (Å²) in [4.78, 5) is 0. The van der Waals surface area contributed by atoms with Gasteiger partial charge in [-0.3, -0.25) is 0 Å². The molecular weight excluding hydrogens is 262 g/mol. The number of hydrogen-bond acceptors (Lipinski definition) is 3. The minimum Gasteiger partial charge on any atom is -0.508 e. The van der Waals surface area contributed by atoms with Crippen molar-refractivity contribution >= 4 is 5.69 Å². The Labute approximate surface area is 125 Å². The second kappa shape index (κ2) is 5.68. The van der Waals surface area contributed by atoms with Gasteiger partial charge in [0.1, 0.15) is 11.5 Å². The number of hydrogen-bond donors (Lipinski definition) is 2. The van der Waals surface area contributed by atoms with E-state index < -0.39 is 0 Å². The summed E-state index contributed by atoms with van der Waals surface area (Å²) < 4.78 is 5.47. The Morgan fingerprint density at radius 1 is 1.19 bits per heavy atom. The fraction of sp³-hybridized carbons (Fsp3) is 0.333. The topological polar surface area (TPSA) is 41.5 Å². The molecule has 0 spiro atoms. The lowest BCUT2D eigenvalue weighted by molar-refractivity contribution is 0.415. The highest BCUT2D eigenvalue weighted by atomic mass is 16.5. The van der Waals surface area contributed by atoms with E-state index in [9.17, 15) is 5.11 Å². The molecule has 0 fully saturated rings. The van der Waals surface area contributed by atoms with Crippen molar-refractivity contribution in [2.45, 2.75) is 32.2 Å². The molecule has 1 atom stereocenters. The summed E-state index contributed by atoms with van der Waals surface area (Å²) in [6.07, 6.45) is 3.25. The summed E-state index contributed by atoms with van der Waals surface area (Å²) >= 11 is 0. The molecule has 0 bridgehead atoms. The van der Waals surface area contributed by atoms with E-state index in [1.54, 1.807) is 13.2 Å². The fourth-order valence-electron chi connectivity index (χ4n) is 3.06. The van der Waals surface area contributed by atoms with Gasteiger partial charge in [0.15, 0.2) is 0 Å². The Morgan fingerprint density at radius 3 is 2.86 bits per heavy atom. The van der Waals surface area contributed by atoms with E-state index in [1.807, 2.05) is 18.2 Å². The van der Waals surface area contributed by atoms with E-state index in [4.69, 9.17) is 4.74 Å². The zero-order valence-electron chi connectivity index (χ0n) is 12.5. The molecule has 0 heterocycles. The van der Waals surface area contributed by atoms with E-state index in [0.717, 1.165) is 30.7 Å². The van der Waals surface area contributed by atoms with Gasteiger partial charge in [0, 0.05) is 0 Å². The zero-order chi connectivity index (χ0) is 14.8. The summed E-state index contributed by atoms with van der Waals surface area (Å²) in [5, 5.41) is 13.2. The summed E-state index contributed by atoms with van der Waals surface area (Å²) in [6, 6.07) is 12.2. The van der Waals surface area contributed by atoms with Crippen molar-refractivity contribution in [2.24, 2.45) is 0 Å². The Kier molecular flexibility index (Phi) is 3.74. The van der Waals surface area contributed by atoms with Gasteiger partial charge in [0.2, 0.25) is 0 Å². The van der Waals surface area contributed by atoms with Crippen LogP contribution in [0.2, 0.25) is 0 Å². The molecule has 3 heteroatoms. The minimum absolute atomic E-state index is 0.269. The number of anilines is 1. The molecule has 2 aromatic rings. The third-order valence-electron chi connectivity index (χ3n) is 4.13. The molecule has 1 aliphatic carbocycles. The van der Waals surface area contributed by atoms with Crippen molar-refractivity contribution in [3.8, 4) is 11.5 Å². The van der Waals surface area contributed by atoms with Crippen LogP contribution in [0.5, 0.6) is 11.5 Å². The zero-order valence-corrected chi connectivity index (χ0v) is 12.5. The second-order valence-corrected chi connectivity index (χ2v) is 5.68. The molecular formula is C18H21NO2. The largest absolute Gasteiger partial charge is 0.508 e. The Hall–Kier alpha value is -2.16. The molecule has 110 valence electrons. The summed E-state index contributed by atoms with van der Waals surface area (Å²) in [5.74, 6) is 1.23. The van der Waals surface area contributed by atoms with Gasteiger partial charge in [0.25, 0.3) is 0 Å². The standard InChI is InChI=1S/C18H21NO2/c1-12-6-9-17(18(10-12)21-2)19-16-5-3-4-13-11-14(20)7-8-15(13)16/h6-11,16,19-20H,3-5H2,1-2H3. The molecule has 0 radical (unpaired) electrons. The highest BCUT2D eigenvalue weighted by molar-refractivity contribution is 5.59. The predicted octanol–water partition coefficient (Wildman–Crippen LogP) is 4.20. The van der Waals surface area contributed by atoms with Gasteiger partial charge in [-0.05, 0) is 67.1 Å². The number of phenolic OH excluding ortho intramolecular Hbond substituents is 1. The lowest BCUT2D eigenvalue weighted by atomic mass is 9.87. The molecule has 21 heavy (non-hydrogen) atoms. The van der Waals surface area contributed by atoms with Crippen LogP contribution in [-0.2, 0) is 6.42 Å². The second-order valence-electron chi connectivity index (χ2n) is 5.68. The average Bonchev–Trinajstić information content (AvgIpc) is 2.49. The predicted molar refractivity (Wildman–Crippen MR) is 85.1 cm³/mol. The van der Waals surface area contributed by atoms with Gasteiger partial charge in [-0.25, -0.2) is 0 Å². The van der Waals surface area contributed by atoms with Crippen LogP contribution in [0.1, 0.15) is 35.6 Å². The van der Waals surface area contributed by atoms with Crippen LogP contribution in [-0.4, -0.2) is 12.2 Å². The highest BCUT2D eigenvalue weighted by Crippen LogP contribution is 2.36. The van der Waals surface area contributed by atoms with E-state index in [2.05, 4.69) is 24.4 Å². The van der Waals surface area contributed by atoms with Gasteiger partial charge >= 0.3 is 0 Å². The molecule has 0 amide bonds.